The molecule has 0 heterocycles. The fourth-order valence-electron chi connectivity index (χ4n) is 7.08. The number of aliphatic hydroxyl groups excluding tert-OH is 1. The van der Waals surface area contributed by atoms with Crippen molar-refractivity contribution in [1.29, 1.82) is 0 Å². The molecule has 3 saturated carbocycles. The highest BCUT2D eigenvalue weighted by Crippen LogP contribution is 2.67. The number of hydrogen-bond donors (Lipinski definition) is 2. The van der Waals surface area contributed by atoms with Gasteiger partial charge in [-0.1, -0.05) is 25.5 Å². The van der Waals surface area contributed by atoms with Crippen LogP contribution in [0.15, 0.2) is 11.6 Å². The Bertz CT molecular complexity index is 652. The second-order valence-corrected chi connectivity index (χ2v) is 9.41. The summed E-state index contributed by atoms with van der Waals surface area (Å²) >= 11 is 0. The van der Waals surface area contributed by atoms with Crippen LogP contribution in [0.2, 0.25) is 0 Å². The summed E-state index contributed by atoms with van der Waals surface area (Å²) in [5.74, 6) is 1.30. The summed E-state index contributed by atoms with van der Waals surface area (Å²) in [5.41, 5.74) is -0.349. The van der Waals surface area contributed by atoms with Crippen LogP contribution in [0.4, 0.5) is 0 Å². The summed E-state index contributed by atoms with van der Waals surface area (Å²) in [6, 6.07) is 0. The Labute approximate surface area is 149 Å². The van der Waals surface area contributed by atoms with Crippen molar-refractivity contribution in [3.05, 3.63) is 11.6 Å². The second kappa shape index (κ2) is 5.50. The summed E-state index contributed by atoms with van der Waals surface area (Å²) in [7, 11) is 0. The third-order valence-electron chi connectivity index (χ3n) is 8.69. The Balaban J connectivity index is 1.69. The summed E-state index contributed by atoms with van der Waals surface area (Å²) in [6.45, 7) is 3.84. The van der Waals surface area contributed by atoms with Gasteiger partial charge in [-0.3, -0.25) is 9.59 Å². The minimum absolute atomic E-state index is 0.111. The fraction of sp³-hybridized carbons (Fsp3) is 0.810. The lowest BCUT2D eigenvalue weighted by molar-refractivity contribution is -0.163. The van der Waals surface area contributed by atoms with Gasteiger partial charge in [0.25, 0.3) is 0 Å². The second-order valence-electron chi connectivity index (χ2n) is 9.41. The zero-order valence-corrected chi connectivity index (χ0v) is 15.4. The van der Waals surface area contributed by atoms with Gasteiger partial charge in [0.1, 0.15) is 18.0 Å². The first-order valence-corrected chi connectivity index (χ1v) is 9.84. The van der Waals surface area contributed by atoms with Gasteiger partial charge in [0.05, 0.1) is 0 Å². The Morgan fingerprint density at radius 3 is 2.64 bits per heavy atom. The maximum atomic E-state index is 12.3. The van der Waals surface area contributed by atoms with Crippen LogP contribution in [0.3, 0.4) is 0 Å². The van der Waals surface area contributed by atoms with E-state index in [1.54, 1.807) is 0 Å². The molecule has 0 amide bonds. The lowest BCUT2D eigenvalue weighted by Gasteiger charge is -2.58. The van der Waals surface area contributed by atoms with Crippen molar-refractivity contribution < 1.29 is 19.8 Å². The highest BCUT2D eigenvalue weighted by atomic mass is 16.3. The molecule has 4 rings (SSSR count). The summed E-state index contributed by atoms with van der Waals surface area (Å²) in [6.07, 6.45) is 8.68. The molecule has 4 aliphatic rings. The van der Waals surface area contributed by atoms with E-state index < -0.39 is 23.4 Å². The fourth-order valence-corrected chi connectivity index (χ4v) is 7.08. The molecule has 0 saturated heterocycles. The van der Waals surface area contributed by atoms with Gasteiger partial charge in [-0.25, -0.2) is 0 Å². The van der Waals surface area contributed by atoms with Crippen LogP contribution in [0, 0.1) is 28.6 Å². The number of allylic oxidation sites excluding steroid dienone is 2. The van der Waals surface area contributed by atoms with Gasteiger partial charge in [-0.2, -0.15) is 0 Å². The van der Waals surface area contributed by atoms with Gasteiger partial charge in [0.15, 0.2) is 5.78 Å². The van der Waals surface area contributed by atoms with Crippen molar-refractivity contribution >= 4 is 11.6 Å². The highest BCUT2D eigenvalue weighted by Gasteiger charge is 2.65. The minimum Gasteiger partial charge on any atom is -0.388 e. The summed E-state index contributed by atoms with van der Waals surface area (Å²) in [5, 5.41) is 20.5. The molecule has 6 atom stereocenters. The van der Waals surface area contributed by atoms with Gasteiger partial charge in [-0.05, 0) is 61.7 Å². The SMILES string of the molecule is CC12CCC(=O)CC1=CCC1C2CCC2(C)C1CC[C@]2(O)C(=O)CO. The standard InChI is InChI=1S/C21H30O4/c1-19-8-5-14(23)11-13(19)3-4-15-16(19)6-9-20(2)17(15)7-10-21(20,25)18(24)12-22/h3,15-17,22,25H,4-12H2,1-2H3/t15?,16?,17?,19?,20?,21-/m0/s1. The number of Topliss-reactive ketones (excluding diaryl/α,β-unsaturated/α-hetero) is 2. The third kappa shape index (κ3) is 2.13. The largest absolute Gasteiger partial charge is 0.388 e. The van der Waals surface area contributed by atoms with Crippen molar-refractivity contribution in [2.24, 2.45) is 28.6 Å². The number of rotatable bonds is 2. The number of carbonyl (C=O) groups is 2. The first kappa shape index (κ1) is 17.4. The topological polar surface area (TPSA) is 74.6 Å². The molecule has 5 unspecified atom stereocenters. The van der Waals surface area contributed by atoms with Crippen molar-refractivity contribution in [2.45, 2.75) is 70.8 Å². The van der Waals surface area contributed by atoms with Gasteiger partial charge in [-0.15, -0.1) is 0 Å². The third-order valence-corrected chi connectivity index (χ3v) is 8.69. The highest BCUT2D eigenvalue weighted by molar-refractivity contribution is 5.89. The van der Waals surface area contributed by atoms with E-state index in [2.05, 4.69) is 19.9 Å². The van der Waals surface area contributed by atoms with Crippen molar-refractivity contribution in [1.82, 2.24) is 0 Å². The molecule has 0 aromatic carbocycles. The Morgan fingerprint density at radius 2 is 1.92 bits per heavy atom. The van der Waals surface area contributed by atoms with E-state index in [1.807, 2.05) is 0 Å². The smallest absolute Gasteiger partial charge is 0.190 e. The van der Waals surface area contributed by atoms with Crippen molar-refractivity contribution in [3.8, 4) is 0 Å². The number of carbonyl (C=O) groups excluding carboxylic acids is 2. The number of ketones is 2. The van der Waals surface area contributed by atoms with E-state index >= 15 is 0 Å². The average molecular weight is 346 g/mol. The van der Waals surface area contributed by atoms with Gasteiger partial charge in [0.2, 0.25) is 0 Å². The van der Waals surface area contributed by atoms with Crippen LogP contribution in [-0.2, 0) is 9.59 Å². The van der Waals surface area contributed by atoms with E-state index in [0.717, 1.165) is 32.1 Å². The molecular formula is C21H30O4. The van der Waals surface area contributed by atoms with E-state index in [0.29, 0.717) is 42.8 Å². The van der Waals surface area contributed by atoms with Crippen LogP contribution in [-0.4, -0.2) is 34.0 Å². The molecule has 0 bridgehead atoms. The average Bonchev–Trinajstić information content (AvgIpc) is 2.87. The molecule has 25 heavy (non-hydrogen) atoms. The van der Waals surface area contributed by atoms with Crippen LogP contribution in [0.1, 0.15) is 65.2 Å². The molecule has 0 aromatic heterocycles. The molecule has 0 spiro atoms. The molecule has 3 fully saturated rings. The lowest BCUT2D eigenvalue weighted by Crippen LogP contribution is -2.57. The molecule has 0 radical (unpaired) electrons. The van der Waals surface area contributed by atoms with Gasteiger partial charge < -0.3 is 10.2 Å². The lowest BCUT2D eigenvalue weighted by atomic mass is 9.47. The predicted octanol–water partition coefficient (Wildman–Crippen LogP) is 2.81. The number of aliphatic hydroxyl groups is 2. The molecule has 0 aromatic rings. The maximum Gasteiger partial charge on any atom is 0.190 e. The molecule has 0 aliphatic heterocycles. The van der Waals surface area contributed by atoms with E-state index in [-0.39, 0.29) is 5.41 Å². The molecule has 2 N–H and O–H groups in total. The zero-order valence-electron chi connectivity index (χ0n) is 15.4. The van der Waals surface area contributed by atoms with Crippen molar-refractivity contribution in [3.63, 3.8) is 0 Å². The Hall–Kier alpha value is -1.00. The number of hydrogen-bond acceptors (Lipinski definition) is 4. The Kier molecular flexibility index (Phi) is 3.83. The van der Waals surface area contributed by atoms with Gasteiger partial charge in [0, 0.05) is 18.3 Å². The quantitative estimate of drug-likeness (QED) is 0.754. The predicted molar refractivity (Wildman–Crippen MR) is 93.8 cm³/mol. The summed E-state index contributed by atoms with van der Waals surface area (Å²) < 4.78 is 0. The summed E-state index contributed by atoms with van der Waals surface area (Å²) in [4.78, 5) is 24.2. The van der Waals surface area contributed by atoms with E-state index in [1.165, 1.54) is 5.57 Å². The number of fused-ring (bicyclic) bond motifs is 5. The first-order chi connectivity index (χ1) is 11.8. The Morgan fingerprint density at radius 1 is 1.20 bits per heavy atom. The van der Waals surface area contributed by atoms with E-state index in [9.17, 15) is 19.8 Å². The van der Waals surface area contributed by atoms with Crippen LogP contribution >= 0.6 is 0 Å². The minimum atomic E-state index is -1.37. The van der Waals surface area contributed by atoms with Crippen LogP contribution in [0.5, 0.6) is 0 Å². The first-order valence-electron chi connectivity index (χ1n) is 9.84. The molecule has 4 aliphatic carbocycles. The van der Waals surface area contributed by atoms with Crippen molar-refractivity contribution in [2.75, 3.05) is 6.61 Å². The maximum absolute atomic E-state index is 12.3. The van der Waals surface area contributed by atoms with Crippen LogP contribution in [0.25, 0.3) is 0 Å². The van der Waals surface area contributed by atoms with Gasteiger partial charge >= 0.3 is 0 Å². The van der Waals surface area contributed by atoms with Crippen LogP contribution < -0.4 is 0 Å². The normalized spacial score (nSPS) is 49.0. The monoisotopic (exact) mass is 346 g/mol. The van der Waals surface area contributed by atoms with E-state index in [4.69, 9.17) is 0 Å². The molecule has 4 heteroatoms. The molecule has 138 valence electrons. The zero-order chi connectivity index (χ0) is 18.0. The molecular weight excluding hydrogens is 316 g/mol. The molecule has 4 nitrogen and oxygen atoms in total.